The van der Waals surface area contributed by atoms with E-state index in [1.54, 1.807) is 25.4 Å². The first kappa shape index (κ1) is 16.6. The molecule has 1 aromatic heterocycles. The van der Waals surface area contributed by atoms with Gasteiger partial charge in [0.25, 0.3) is 5.91 Å². The first-order valence-electron chi connectivity index (χ1n) is 7.86. The highest BCUT2D eigenvalue weighted by atomic mass is 32.2. The molecule has 1 aliphatic heterocycles. The fraction of sp³-hybridized carbons (Fsp3) is 0.333. The fourth-order valence-corrected chi connectivity index (χ4v) is 3.51. The molecule has 0 aliphatic carbocycles. The van der Waals surface area contributed by atoms with Gasteiger partial charge in [0.15, 0.2) is 0 Å². The van der Waals surface area contributed by atoms with Crippen LogP contribution < -0.4 is 14.8 Å². The van der Waals surface area contributed by atoms with Gasteiger partial charge in [-0.1, -0.05) is 12.1 Å². The number of nitrogens with one attached hydrogen (secondary N) is 1. The zero-order chi connectivity index (χ0) is 16.8. The SMILES string of the molecule is COc1ccc(CNC(=O)c2ccnc(OC3CCSC3)c2)cc1. The van der Waals surface area contributed by atoms with Crippen molar-refractivity contribution in [3.8, 4) is 11.6 Å². The molecule has 24 heavy (non-hydrogen) atoms. The minimum atomic E-state index is -0.140. The molecule has 6 heteroatoms. The lowest BCUT2D eigenvalue weighted by Crippen LogP contribution is -2.23. The molecule has 5 nitrogen and oxygen atoms in total. The number of nitrogens with zero attached hydrogens (tertiary/aromatic N) is 1. The van der Waals surface area contributed by atoms with Crippen molar-refractivity contribution >= 4 is 17.7 Å². The van der Waals surface area contributed by atoms with Gasteiger partial charge in [0.05, 0.1) is 7.11 Å². The third-order valence-corrected chi connectivity index (χ3v) is 4.92. The maximum atomic E-state index is 12.3. The summed E-state index contributed by atoms with van der Waals surface area (Å²) in [5.41, 5.74) is 1.57. The number of thioether (sulfide) groups is 1. The van der Waals surface area contributed by atoms with Crippen molar-refractivity contribution in [2.75, 3.05) is 18.6 Å². The molecular weight excluding hydrogens is 324 g/mol. The van der Waals surface area contributed by atoms with Crippen LogP contribution in [-0.4, -0.2) is 35.6 Å². The molecule has 0 bridgehead atoms. The summed E-state index contributed by atoms with van der Waals surface area (Å²) in [6, 6.07) is 11.0. The van der Waals surface area contributed by atoms with E-state index < -0.39 is 0 Å². The van der Waals surface area contributed by atoms with Gasteiger partial charge >= 0.3 is 0 Å². The van der Waals surface area contributed by atoms with Crippen LogP contribution in [0.4, 0.5) is 0 Å². The van der Waals surface area contributed by atoms with Crippen LogP contribution in [0.2, 0.25) is 0 Å². The fourth-order valence-electron chi connectivity index (χ4n) is 2.42. The van der Waals surface area contributed by atoms with E-state index in [1.165, 1.54) is 0 Å². The smallest absolute Gasteiger partial charge is 0.251 e. The highest BCUT2D eigenvalue weighted by Gasteiger charge is 2.18. The Morgan fingerprint density at radius 3 is 2.88 bits per heavy atom. The average Bonchev–Trinajstić information content (AvgIpc) is 3.13. The molecule has 3 rings (SSSR count). The molecule has 1 atom stereocenters. The summed E-state index contributed by atoms with van der Waals surface area (Å²) in [7, 11) is 1.63. The molecule has 0 radical (unpaired) electrons. The van der Waals surface area contributed by atoms with E-state index in [0.717, 1.165) is 29.2 Å². The van der Waals surface area contributed by atoms with Gasteiger partial charge in [0.1, 0.15) is 11.9 Å². The third-order valence-electron chi connectivity index (χ3n) is 3.78. The monoisotopic (exact) mass is 344 g/mol. The zero-order valence-corrected chi connectivity index (χ0v) is 14.3. The number of amides is 1. The van der Waals surface area contributed by atoms with Crippen LogP contribution in [0.15, 0.2) is 42.6 Å². The molecule has 1 amide bonds. The lowest BCUT2D eigenvalue weighted by atomic mass is 10.2. The van der Waals surface area contributed by atoms with Gasteiger partial charge < -0.3 is 14.8 Å². The van der Waals surface area contributed by atoms with E-state index in [4.69, 9.17) is 9.47 Å². The minimum absolute atomic E-state index is 0.140. The molecule has 1 unspecified atom stereocenters. The Bertz CT molecular complexity index is 685. The highest BCUT2D eigenvalue weighted by molar-refractivity contribution is 7.99. The Hall–Kier alpha value is -2.21. The van der Waals surface area contributed by atoms with Crippen molar-refractivity contribution in [2.45, 2.75) is 19.1 Å². The molecule has 1 N–H and O–H groups in total. The quantitative estimate of drug-likeness (QED) is 0.873. The normalized spacial score (nSPS) is 16.6. The number of hydrogen-bond donors (Lipinski definition) is 1. The molecule has 2 heterocycles. The van der Waals surface area contributed by atoms with Crippen LogP contribution in [0.5, 0.6) is 11.6 Å². The van der Waals surface area contributed by atoms with Crippen LogP contribution in [0, 0.1) is 0 Å². The van der Waals surface area contributed by atoms with Crippen LogP contribution in [-0.2, 0) is 6.54 Å². The summed E-state index contributed by atoms with van der Waals surface area (Å²) in [5.74, 6) is 3.27. The second-order valence-corrected chi connectivity index (χ2v) is 6.67. The van der Waals surface area contributed by atoms with Gasteiger partial charge in [-0.25, -0.2) is 4.98 Å². The van der Waals surface area contributed by atoms with Gasteiger partial charge in [0.2, 0.25) is 5.88 Å². The van der Waals surface area contributed by atoms with Crippen LogP contribution in [0.1, 0.15) is 22.3 Å². The summed E-state index contributed by atoms with van der Waals surface area (Å²) >= 11 is 1.88. The van der Waals surface area contributed by atoms with Gasteiger partial charge in [-0.2, -0.15) is 11.8 Å². The summed E-state index contributed by atoms with van der Waals surface area (Å²) in [6.45, 7) is 0.459. The maximum Gasteiger partial charge on any atom is 0.251 e. The lowest BCUT2D eigenvalue weighted by Gasteiger charge is -2.12. The van der Waals surface area contributed by atoms with Gasteiger partial charge in [-0.05, 0) is 35.9 Å². The third kappa shape index (κ3) is 4.41. The second kappa shape index (κ2) is 8.06. The van der Waals surface area contributed by atoms with E-state index in [2.05, 4.69) is 10.3 Å². The summed E-state index contributed by atoms with van der Waals surface area (Å²) in [4.78, 5) is 16.5. The van der Waals surface area contributed by atoms with Gasteiger partial charge in [-0.3, -0.25) is 4.79 Å². The highest BCUT2D eigenvalue weighted by Crippen LogP contribution is 2.22. The predicted octanol–water partition coefficient (Wildman–Crippen LogP) is 2.90. The molecule has 0 spiro atoms. The van der Waals surface area contributed by atoms with Crippen molar-refractivity contribution in [1.29, 1.82) is 0 Å². The van der Waals surface area contributed by atoms with E-state index in [9.17, 15) is 4.79 Å². The number of benzene rings is 1. The largest absolute Gasteiger partial charge is 0.497 e. The van der Waals surface area contributed by atoms with E-state index in [-0.39, 0.29) is 12.0 Å². The maximum absolute atomic E-state index is 12.3. The van der Waals surface area contributed by atoms with Crippen molar-refractivity contribution < 1.29 is 14.3 Å². The van der Waals surface area contributed by atoms with Crippen molar-refractivity contribution in [2.24, 2.45) is 0 Å². The molecule has 1 aliphatic rings. The number of hydrogen-bond acceptors (Lipinski definition) is 5. The van der Waals surface area contributed by atoms with Gasteiger partial charge in [-0.15, -0.1) is 0 Å². The van der Waals surface area contributed by atoms with Gasteiger partial charge in [0, 0.05) is 30.1 Å². The van der Waals surface area contributed by atoms with Crippen LogP contribution in [0.3, 0.4) is 0 Å². The molecule has 1 saturated heterocycles. The second-order valence-electron chi connectivity index (χ2n) is 5.52. The van der Waals surface area contributed by atoms with Crippen LogP contribution in [0.25, 0.3) is 0 Å². The average molecular weight is 344 g/mol. The van der Waals surface area contributed by atoms with E-state index >= 15 is 0 Å². The molecular formula is C18H20N2O3S. The van der Waals surface area contributed by atoms with Crippen LogP contribution >= 0.6 is 11.8 Å². The van der Waals surface area contributed by atoms with E-state index in [0.29, 0.717) is 18.0 Å². The van der Waals surface area contributed by atoms with Crippen molar-refractivity contribution in [1.82, 2.24) is 10.3 Å². The van der Waals surface area contributed by atoms with Crippen molar-refractivity contribution in [3.05, 3.63) is 53.7 Å². The molecule has 126 valence electrons. The standard InChI is InChI=1S/C18H20N2O3S/c1-22-15-4-2-13(3-5-15)11-20-18(21)14-6-8-19-17(10-14)23-16-7-9-24-12-16/h2-6,8,10,16H,7,9,11-12H2,1H3,(H,20,21). The summed E-state index contributed by atoms with van der Waals surface area (Å²) < 4.78 is 11.0. The summed E-state index contributed by atoms with van der Waals surface area (Å²) in [5, 5.41) is 2.91. The Balaban J connectivity index is 1.57. The molecule has 2 aromatic rings. The minimum Gasteiger partial charge on any atom is -0.497 e. The number of aromatic nitrogens is 1. The number of carbonyl (C=O) groups excluding carboxylic acids is 1. The van der Waals surface area contributed by atoms with Crippen molar-refractivity contribution in [3.63, 3.8) is 0 Å². The Morgan fingerprint density at radius 1 is 1.33 bits per heavy atom. The Morgan fingerprint density at radius 2 is 2.17 bits per heavy atom. The number of ether oxygens (including phenoxy) is 2. The lowest BCUT2D eigenvalue weighted by molar-refractivity contribution is 0.0950. The predicted molar refractivity (Wildman–Crippen MR) is 94.8 cm³/mol. The molecule has 1 fully saturated rings. The Labute approximate surface area is 145 Å². The Kier molecular flexibility index (Phi) is 5.59. The number of carbonyl (C=O) groups is 1. The molecule has 1 aromatic carbocycles. The topological polar surface area (TPSA) is 60.5 Å². The zero-order valence-electron chi connectivity index (χ0n) is 13.5. The first-order valence-corrected chi connectivity index (χ1v) is 9.01. The number of rotatable bonds is 6. The number of pyridine rings is 1. The number of methoxy groups -OCH3 is 1. The summed E-state index contributed by atoms with van der Waals surface area (Å²) in [6.07, 6.45) is 2.83. The molecule has 0 saturated carbocycles. The van der Waals surface area contributed by atoms with E-state index in [1.807, 2.05) is 36.0 Å². The first-order chi connectivity index (χ1) is 11.7.